The van der Waals surface area contributed by atoms with Gasteiger partial charge in [-0.05, 0) is 42.0 Å². The smallest absolute Gasteiger partial charge is 0.325 e. The number of aromatic nitrogens is 1. The average Bonchev–Trinajstić information content (AvgIpc) is 3.23. The molecule has 0 unspecified atom stereocenters. The molecule has 3 heterocycles. The Morgan fingerprint density at radius 1 is 1.29 bits per heavy atom. The molecule has 28 heavy (non-hydrogen) atoms. The van der Waals surface area contributed by atoms with Gasteiger partial charge in [0, 0.05) is 29.2 Å². The summed E-state index contributed by atoms with van der Waals surface area (Å²) < 4.78 is 18.5. The zero-order chi connectivity index (χ0) is 19.7. The fourth-order valence-electron chi connectivity index (χ4n) is 3.04. The summed E-state index contributed by atoms with van der Waals surface area (Å²) >= 11 is 3.18. The van der Waals surface area contributed by atoms with E-state index in [0.717, 1.165) is 31.1 Å². The normalized spacial score (nSPS) is 20.0. The van der Waals surface area contributed by atoms with Crippen molar-refractivity contribution in [3.05, 3.63) is 69.1 Å². The van der Waals surface area contributed by atoms with Gasteiger partial charge in [0.1, 0.15) is 12.4 Å². The van der Waals surface area contributed by atoms with Gasteiger partial charge in [0.05, 0.1) is 29.4 Å². The fourth-order valence-corrected chi connectivity index (χ4v) is 5.54. The Labute approximate surface area is 171 Å². The number of thioether (sulfide) groups is 2. The van der Waals surface area contributed by atoms with Gasteiger partial charge in [0.2, 0.25) is 0 Å². The predicted octanol–water partition coefficient (Wildman–Crippen LogP) is 4.15. The van der Waals surface area contributed by atoms with E-state index >= 15 is 0 Å². The van der Waals surface area contributed by atoms with Gasteiger partial charge in [0.25, 0.3) is 0 Å². The van der Waals surface area contributed by atoms with Crippen molar-refractivity contribution in [3.63, 3.8) is 0 Å². The number of nitrogens with zero attached hydrogens (tertiary/aromatic N) is 3. The average molecular weight is 416 g/mol. The summed E-state index contributed by atoms with van der Waals surface area (Å²) in [4.78, 5) is 22.0. The molecule has 0 amide bonds. The number of fused-ring (bicyclic) bond motifs is 1. The van der Waals surface area contributed by atoms with Crippen molar-refractivity contribution in [2.45, 2.75) is 4.90 Å². The summed E-state index contributed by atoms with van der Waals surface area (Å²) in [5.41, 5.74) is 2.00. The first-order chi connectivity index (χ1) is 13.5. The summed E-state index contributed by atoms with van der Waals surface area (Å²) in [6.07, 6.45) is 5.51. The molecule has 1 saturated heterocycles. The molecule has 2 aliphatic rings. The maximum absolute atomic E-state index is 13.6. The quantitative estimate of drug-likeness (QED) is 0.698. The van der Waals surface area contributed by atoms with Crippen LogP contribution in [0.5, 0.6) is 0 Å². The van der Waals surface area contributed by atoms with Crippen LogP contribution in [0.15, 0.2) is 62.6 Å². The molecular weight excluding hydrogens is 397 g/mol. The first-order valence-electron chi connectivity index (χ1n) is 8.61. The third-order valence-electron chi connectivity index (χ3n) is 4.45. The van der Waals surface area contributed by atoms with Crippen LogP contribution >= 0.6 is 23.5 Å². The molecule has 5 nitrogen and oxygen atoms in total. The summed E-state index contributed by atoms with van der Waals surface area (Å²) in [7, 11) is 3.37. The van der Waals surface area contributed by atoms with E-state index in [9.17, 15) is 9.18 Å². The molecule has 0 aliphatic carbocycles. The SMILES string of the molecule is COC(=O)CN1CC(=C2Sc3cc(F)ccc3N2C)SC1=Cc1ccncc1. The van der Waals surface area contributed by atoms with Crippen molar-refractivity contribution in [1.82, 2.24) is 9.88 Å². The minimum atomic E-state index is -0.287. The van der Waals surface area contributed by atoms with Crippen LogP contribution < -0.4 is 4.90 Å². The third kappa shape index (κ3) is 3.74. The Morgan fingerprint density at radius 3 is 2.82 bits per heavy atom. The largest absolute Gasteiger partial charge is 0.468 e. The zero-order valence-electron chi connectivity index (χ0n) is 15.4. The lowest BCUT2D eigenvalue weighted by Gasteiger charge is -2.17. The van der Waals surface area contributed by atoms with Gasteiger partial charge < -0.3 is 14.5 Å². The highest BCUT2D eigenvalue weighted by atomic mass is 32.2. The Kier molecular flexibility index (Phi) is 5.32. The van der Waals surface area contributed by atoms with Crippen molar-refractivity contribution < 1.29 is 13.9 Å². The van der Waals surface area contributed by atoms with Crippen molar-refractivity contribution >= 4 is 41.3 Å². The topological polar surface area (TPSA) is 45.7 Å². The monoisotopic (exact) mass is 415 g/mol. The summed E-state index contributed by atoms with van der Waals surface area (Å²) in [5, 5.41) is 2.02. The van der Waals surface area contributed by atoms with E-state index in [1.54, 1.807) is 48.1 Å². The van der Waals surface area contributed by atoms with E-state index in [1.165, 1.54) is 13.2 Å². The maximum atomic E-state index is 13.6. The first-order valence-corrected chi connectivity index (χ1v) is 10.2. The van der Waals surface area contributed by atoms with Crippen LogP contribution in [0.3, 0.4) is 0 Å². The highest BCUT2D eigenvalue weighted by molar-refractivity contribution is 8.09. The number of rotatable bonds is 3. The van der Waals surface area contributed by atoms with Crippen molar-refractivity contribution in [1.29, 1.82) is 0 Å². The second-order valence-electron chi connectivity index (χ2n) is 6.30. The fraction of sp³-hybridized carbons (Fsp3) is 0.200. The Bertz CT molecular complexity index is 979. The number of halogens is 1. The summed E-state index contributed by atoms with van der Waals surface area (Å²) in [6.45, 7) is 0.771. The molecule has 0 N–H and O–H groups in total. The summed E-state index contributed by atoms with van der Waals surface area (Å²) in [6, 6.07) is 8.67. The van der Waals surface area contributed by atoms with E-state index < -0.39 is 0 Å². The van der Waals surface area contributed by atoms with Gasteiger partial charge in [-0.15, -0.1) is 0 Å². The van der Waals surface area contributed by atoms with Gasteiger partial charge in [-0.1, -0.05) is 23.5 Å². The van der Waals surface area contributed by atoms with Crippen molar-refractivity contribution in [2.24, 2.45) is 0 Å². The zero-order valence-corrected chi connectivity index (χ0v) is 17.0. The van der Waals surface area contributed by atoms with E-state index in [-0.39, 0.29) is 18.3 Å². The van der Waals surface area contributed by atoms with Gasteiger partial charge in [-0.2, -0.15) is 0 Å². The van der Waals surface area contributed by atoms with Crippen LogP contribution in [-0.2, 0) is 9.53 Å². The Hall–Kier alpha value is -2.45. The van der Waals surface area contributed by atoms with Crippen molar-refractivity contribution in [3.8, 4) is 0 Å². The van der Waals surface area contributed by atoms with Crippen LogP contribution in [0.4, 0.5) is 10.1 Å². The number of hydrogen-bond donors (Lipinski definition) is 0. The van der Waals surface area contributed by atoms with Gasteiger partial charge in [-0.3, -0.25) is 9.78 Å². The molecule has 8 heteroatoms. The molecule has 2 aliphatic heterocycles. The summed E-state index contributed by atoms with van der Waals surface area (Å²) in [5.74, 6) is -0.527. The molecule has 0 bridgehead atoms. The van der Waals surface area contributed by atoms with Crippen molar-refractivity contribution in [2.75, 3.05) is 32.1 Å². The first kappa shape index (κ1) is 18.9. The van der Waals surface area contributed by atoms with Gasteiger partial charge in [0.15, 0.2) is 0 Å². The second-order valence-corrected chi connectivity index (χ2v) is 8.44. The molecule has 1 aromatic carbocycles. The van der Waals surface area contributed by atoms with Gasteiger partial charge in [-0.25, -0.2) is 4.39 Å². The second kappa shape index (κ2) is 7.89. The number of pyridine rings is 1. The van der Waals surface area contributed by atoms with Crippen LogP contribution in [0.25, 0.3) is 6.08 Å². The number of esters is 1. The van der Waals surface area contributed by atoms with Crippen LogP contribution in [0.2, 0.25) is 0 Å². The number of anilines is 1. The lowest BCUT2D eigenvalue weighted by Crippen LogP contribution is -2.27. The number of methoxy groups -OCH3 is 1. The predicted molar refractivity (Wildman–Crippen MR) is 111 cm³/mol. The van der Waals surface area contributed by atoms with Crippen LogP contribution in [0.1, 0.15) is 5.56 Å². The molecule has 0 atom stereocenters. The molecule has 1 aromatic heterocycles. The molecule has 2 aromatic rings. The third-order valence-corrected chi connectivity index (χ3v) is 6.99. The molecule has 1 fully saturated rings. The molecule has 0 radical (unpaired) electrons. The standard InChI is InChI=1S/C20H18FN3O2S2/c1-23-15-4-3-14(21)10-16(15)28-20(23)17-11-24(12-19(25)26-2)18(27-17)9-13-5-7-22-8-6-13/h3-10H,11-12H2,1-2H3. The molecule has 0 spiro atoms. The lowest BCUT2D eigenvalue weighted by atomic mass is 10.2. The minimum absolute atomic E-state index is 0.174. The number of carbonyl (C=O) groups is 1. The highest BCUT2D eigenvalue weighted by Gasteiger charge is 2.32. The van der Waals surface area contributed by atoms with E-state index in [0.29, 0.717) is 6.54 Å². The highest BCUT2D eigenvalue weighted by Crippen LogP contribution is 2.51. The lowest BCUT2D eigenvalue weighted by molar-refractivity contribution is -0.141. The maximum Gasteiger partial charge on any atom is 0.325 e. The van der Waals surface area contributed by atoms with Gasteiger partial charge >= 0.3 is 5.97 Å². The van der Waals surface area contributed by atoms with E-state index in [1.807, 2.05) is 30.2 Å². The molecular formula is C20H18FN3O2S2. The number of ether oxygens (including phenoxy) is 1. The molecule has 144 valence electrons. The number of hydrogen-bond acceptors (Lipinski definition) is 7. The van der Waals surface area contributed by atoms with Crippen LogP contribution in [-0.4, -0.2) is 43.1 Å². The molecule has 0 saturated carbocycles. The minimum Gasteiger partial charge on any atom is -0.468 e. The molecule has 4 rings (SSSR count). The van der Waals surface area contributed by atoms with E-state index in [4.69, 9.17) is 4.74 Å². The van der Waals surface area contributed by atoms with Crippen LogP contribution in [0, 0.1) is 5.82 Å². The Balaban J connectivity index is 1.67. The number of benzene rings is 1. The Morgan fingerprint density at radius 2 is 2.07 bits per heavy atom. The number of carbonyl (C=O) groups excluding carboxylic acids is 1. The van der Waals surface area contributed by atoms with E-state index in [2.05, 4.69) is 9.88 Å².